The highest BCUT2D eigenvalue weighted by Gasteiger charge is 2.32. The molecule has 202 valence electrons. The molecule has 12 nitrogen and oxygen atoms in total. The minimum atomic E-state index is -0.638. The molecule has 3 aromatic rings. The van der Waals surface area contributed by atoms with E-state index in [-0.39, 0.29) is 32.0 Å². The highest BCUT2D eigenvalue weighted by Crippen LogP contribution is 2.39. The van der Waals surface area contributed by atoms with Crippen LogP contribution >= 0.6 is 11.8 Å². The first kappa shape index (κ1) is 27.5. The van der Waals surface area contributed by atoms with Gasteiger partial charge in [0.1, 0.15) is 6.54 Å². The summed E-state index contributed by atoms with van der Waals surface area (Å²) in [5.41, 5.74) is 3.15. The molecule has 0 spiro atoms. The van der Waals surface area contributed by atoms with Gasteiger partial charge in [-0.3, -0.25) is 4.79 Å². The maximum atomic E-state index is 12.1. The number of benzene rings is 2. The number of nitrogens with one attached hydrogen (secondary N) is 2. The lowest BCUT2D eigenvalue weighted by Gasteiger charge is -2.36. The lowest BCUT2D eigenvalue weighted by molar-refractivity contribution is -0.245. The first-order valence-electron chi connectivity index (χ1n) is 12.1. The Balaban J connectivity index is 1.43. The lowest BCUT2D eigenvalue weighted by atomic mass is 10.0. The highest BCUT2D eigenvalue weighted by atomic mass is 32.2. The Bertz CT molecular complexity index is 1210. The van der Waals surface area contributed by atoms with Crippen LogP contribution in [0.3, 0.4) is 0 Å². The minimum absolute atomic E-state index is 0.0240. The fourth-order valence-electron chi connectivity index (χ4n) is 3.80. The number of amides is 2. The Labute approximate surface area is 224 Å². The largest absolute Gasteiger partial charge is 0.465 e. The number of thioether (sulfide) groups is 1. The molecule has 2 heterocycles. The van der Waals surface area contributed by atoms with Crippen molar-refractivity contribution in [3.63, 3.8) is 0 Å². The van der Waals surface area contributed by atoms with Crippen LogP contribution in [-0.4, -0.2) is 62.3 Å². The molecular weight excluding hydrogens is 512 g/mol. The van der Waals surface area contributed by atoms with Gasteiger partial charge in [0.2, 0.25) is 5.16 Å². The smallest absolute Gasteiger partial charge is 0.325 e. The highest BCUT2D eigenvalue weighted by molar-refractivity contribution is 7.99. The maximum Gasteiger partial charge on any atom is 0.325 e. The molecule has 0 bridgehead atoms. The number of anilines is 1. The SMILES string of the molecule is CCOC(=O)CNC(=O)Nc1ccc([C@H]2O[C@@H](CSc3nnnn3C)C[C@@H](c3ccc(CO)cc3)O2)cc1. The number of carbonyl (C=O) groups is 2. The summed E-state index contributed by atoms with van der Waals surface area (Å²) in [6.07, 6.45) is -0.380. The number of rotatable bonds is 10. The van der Waals surface area contributed by atoms with Crippen molar-refractivity contribution in [3.8, 4) is 0 Å². The number of urea groups is 1. The standard InChI is InChI=1S/C25H30N6O6S/c1-3-35-22(33)13-26-24(34)27-19-10-8-18(9-11-19)23-36-20(15-38-25-28-29-30-31(25)2)12-21(37-23)17-6-4-16(14-32)5-7-17/h4-11,20-21,23,32H,3,12-15H2,1-2H3,(H2,26,27,34)/t20-,21+,23+/m1/s1. The molecule has 1 aromatic heterocycles. The van der Waals surface area contributed by atoms with Crippen LogP contribution in [0.4, 0.5) is 10.5 Å². The molecule has 38 heavy (non-hydrogen) atoms. The molecule has 4 rings (SSSR count). The van der Waals surface area contributed by atoms with Crippen LogP contribution in [0, 0.1) is 0 Å². The number of aryl methyl sites for hydroxylation is 1. The van der Waals surface area contributed by atoms with Crippen LogP contribution in [0.15, 0.2) is 53.7 Å². The zero-order valence-corrected chi connectivity index (χ0v) is 21.9. The molecule has 2 amide bonds. The molecule has 2 aromatic carbocycles. The second-order valence-electron chi connectivity index (χ2n) is 8.48. The fraction of sp³-hybridized carbons (Fsp3) is 0.400. The lowest BCUT2D eigenvalue weighted by Crippen LogP contribution is -2.34. The third kappa shape index (κ3) is 7.51. The zero-order valence-electron chi connectivity index (χ0n) is 21.1. The average Bonchev–Trinajstić information content (AvgIpc) is 3.35. The number of carbonyl (C=O) groups excluding carboxylic acids is 2. The number of hydrogen-bond donors (Lipinski definition) is 3. The number of hydrogen-bond acceptors (Lipinski definition) is 10. The van der Waals surface area contributed by atoms with E-state index in [1.807, 2.05) is 36.4 Å². The van der Waals surface area contributed by atoms with E-state index in [0.717, 1.165) is 16.7 Å². The van der Waals surface area contributed by atoms with Gasteiger partial charge in [0.25, 0.3) is 0 Å². The molecule has 1 fully saturated rings. The van der Waals surface area contributed by atoms with Crippen molar-refractivity contribution in [2.45, 2.75) is 43.6 Å². The van der Waals surface area contributed by atoms with E-state index in [2.05, 4.69) is 26.2 Å². The van der Waals surface area contributed by atoms with Crippen LogP contribution in [0.1, 0.15) is 42.4 Å². The summed E-state index contributed by atoms with van der Waals surface area (Å²) in [4.78, 5) is 23.5. The maximum absolute atomic E-state index is 12.1. The topological polar surface area (TPSA) is 150 Å². The van der Waals surface area contributed by atoms with E-state index >= 15 is 0 Å². The molecule has 1 aliphatic heterocycles. The van der Waals surface area contributed by atoms with Crippen molar-refractivity contribution < 1.29 is 28.9 Å². The molecule has 0 unspecified atom stereocenters. The van der Waals surface area contributed by atoms with Crippen molar-refractivity contribution in [1.29, 1.82) is 0 Å². The summed E-state index contributed by atoms with van der Waals surface area (Å²) in [5.74, 6) is 0.118. The third-order valence-corrected chi connectivity index (χ3v) is 6.88. The van der Waals surface area contributed by atoms with E-state index in [1.54, 1.807) is 30.8 Å². The van der Waals surface area contributed by atoms with Crippen LogP contribution in [0.5, 0.6) is 0 Å². The Morgan fingerprint density at radius 3 is 2.53 bits per heavy atom. The molecule has 3 atom stereocenters. The van der Waals surface area contributed by atoms with Crippen LogP contribution < -0.4 is 10.6 Å². The van der Waals surface area contributed by atoms with Gasteiger partial charge in [-0.15, -0.1) is 5.10 Å². The van der Waals surface area contributed by atoms with Crippen LogP contribution in [0.2, 0.25) is 0 Å². The number of ether oxygens (including phenoxy) is 3. The molecule has 0 saturated carbocycles. The molecule has 0 radical (unpaired) electrons. The Hall–Kier alpha value is -3.52. The summed E-state index contributed by atoms with van der Waals surface area (Å²) >= 11 is 1.51. The summed E-state index contributed by atoms with van der Waals surface area (Å²) in [6.45, 7) is 1.71. The van der Waals surface area contributed by atoms with Gasteiger partial charge in [0.05, 0.1) is 25.4 Å². The summed E-state index contributed by atoms with van der Waals surface area (Å²) in [5, 5.41) is 26.8. The molecular formula is C25H30N6O6S. The van der Waals surface area contributed by atoms with Gasteiger partial charge in [0, 0.05) is 30.5 Å². The van der Waals surface area contributed by atoms with Gasteiger partial charge in [-0.25, -0.2) is 9.48 Å². The first-order chi connectivity index (χ1) is 18.4. The van der Waals surface area contributed by atoms with E-state index in [4.69, 9.17) is 14.2 Å². The van der Waals surface area contributed by atoms with Crippen LogP contribution in [-0.2, 0) is 32.7 Å². The number of tetrazole rings is 1. The number of aliphatic hydroxyl groups excluding tert-OH is 1. The predicted octanol–water partition coefficient (Wildman–Crippen LogP) is 2.72. The van der Waals surface area contributed by atoms with Crippen LogP contribution in [0.25, 0.3) is 0 Å². The van der Waals surface area contributed by atoms with Gasteiger partial charge in [-0.1, -0.05) is 48.2 Å². The number of aromatic nitrogens is 4. The van der Waals surface area contributed by atoms with Gasteiger partial charge in [-0.05, 0) is 40.6 Å². The Morgan fingerprint density at radius 1 is 1.13 bits per heavy atom. The van der Waals surface area contributed by atoms with E-state index < -0.39 is 18.3 Å². The van der Waals surface area contributed by atoms with Gasteiger partial charge in [0.15, 0.2) is 6.29 Å². The quantitative estimate of drug-likeness (QED) is 0.258. The second kappa shape index (κ2) is 13.3. The van der Waals surface area contributed by atoms with E-state index in [9.17, 15) is 14.7 Å². The van der Waals surface area contributed by atoms with Crippen molar-refractivity contribution in [3.05, 3.63) is 65.2 Å². The van der Waals surface area contributed by atoms with Crippen molar-refractivity contribution >= 4 is 29.4 Å². The monoisotopic (exact) mass is 542 g/mol. The molecule has 1 saturated heterocycles. The zero-order chi connectivity index (χ0) is 26.9. The predicted molar refractivity (Wildman–Crippen MR) is 138 cm³/mol. The van der Waals surface area contributed by atoms with Crippen molar-refractivity contribution in [2.24, 2.45) is 7.05 Å². The number of aliphatic hydroxyl groups is 1. The fourth-order valence-corrected chi connectivity index (χ4v) is 4.66. The minimum Gasteiger partial charge on any atom is -0.465 e. The number of esters is 1. The van der Waals surface area contributed by atoms with Gasteiger partial charge < -0.3 is 30.0 Å². The molecule has 3 N–H and O–H groups in total. The van der Waals surface area contributed by atoms with Gasteiger partial charge in [-0.2, -0.15) is 0 Å². The number of nitrogens with zero attached hydrogens (tertiary/aromatic N) is 4. The first-order valence-corrected chi connectivity index (χ1v) is 13.1. The summed E-state index contributed by atoms with van der Waals surface area (Å²) < 4.78 is 19.1. The summed E-state index contributed by atoms with van der Waals surface area (Å²) in [6, 6.07) is 14.3. The summed E-state index contributed by atoms with van der Waals surface area (Å²) in [7, 11) is 1.79. The molecule has 13 heteroatoms. The van der Waals surface area contributed by atoms with Crippen molar-refractivity contribution in [1.82, 2.24) is 25.5 Å². The Kier molecular flexibility index (Phi) is 9.65. The van der Waals surface area contributed by atoms with E-state index in [1.165, 1.54) is 11.8 Å². The average molecular weight is 543 g/mol. The van der Waals surface area contributed by atoms with Gasteiger partial charge >= 0.3 is 12.0 Å². The Morgan fingerprint density at radius 2 is 1.87 bits per heavy atom. The van der Waals surface area contributed by atoms with E-state index in [0.29, 0.717) is 23.0 Å². The second-order valence-corrected chi connectivity index (χ2v) is 9.47. The molecule has 1 aliphatic rings. The third-order valence-electron chi connectivity index (χ3n) is 5.73. The van der Waals surface area contributed by atoms with Crippen molar-refractivity contribution in [2.75, 3.05) is 24.2 Å². The normalized spacial score (nSPS) is 19.1. The molecule has 0 aliphatic carbocycles.